The quantitative estimate of drug-likeness (QED) is 0.491. The summed E-state index contributed by atoms with van der Waals surface area (Å²) < 4.78 is 0. The highest BCUT2D eigenvalue weighted by Crippen LogP contribution is 2.20. The summed E-state index contributed by atoms with van der Waals surface area (Å²) in [4.78, 5) is 4.58. The van der Waals surface area contributed by atoms with Gasteiger partial charge in [0.1, 0.15) is 0 Å². The Labute approximate surface area is 109 Å². The third-order valence-corrected chi connectivity index (χ3v) is 3.29. The largest absolute Gasteiger partial charge is 0.335 e. The fourth-order valence-corrected chi connectivity index (χ4v) is 2.04. The number of rotatable bonds is 4. The van der Waals surface area contributed by atoms with E-state index in [1.807, 2.05) is 0 Å². The Kier molecular flexibility index (Phi) is 6.12. The summed E-state index contributed by atoms with van der Waals surface area (Å²) >= 11 is 1.67. The number of benzene rings is 1. The van der Waals surface area contributed by atoms with Crippen molar-refractivity contribution >= 4 is 22.6 Å². The SMILES string of the molecule is CCCCN=C(Nc1c(C)cccc1C)SC. The van der Waals surface area contributed by atoms with Crippen molar-refractivity contribution in [2.45, 2.75) is 33.6 Å². The summed E-state index contributed by atoms with van der Waals surface area (Å²) in [6.45, 7) is 7.34. The summed E-state index contributed by atoms with van der Waals surface area (Å²) in [5, 5.41) is 4.45. The van der Waals surface area contributed by atoms with Gasteiger partial charge in [-0.15, -0.1) is 0 Å². The minimum atomic E-state index is 0.907. The van der Waals surface area contributed by atoms with E-state index in [4.69, 9.17) is 0 Å². The minimum Gasteiger partial charge on any atom is -0.335 e. The van der Waals surface area contributed by atoms with Crippen LogP contribution in [0.2, 0.25) is 0 Å². The molecule has 0 spiro atoms. The first-order chi connectivity index (χ1) is 8.19. The van der Waals surface area contributed by atoms with Crippen LogP contribution in [0.15, 0.2) is 23.2 Å². The lowest BCUT2D eigenvalue weighted by Gasteiger charge is -2.13. The number of aryl methyl sites for hydroxylation is 2. The van der Waals surface area contributed by atoms with Crippen molar-refractivity contribution in [1.82, 2.24) is 0 Å². The highest BCUT2D eigenvalue weighted by atomic mass is 32.2. The van der Waals surface area contributed by atoms with Gasteiger partial charge in [0, 0.05) is 12.2 Å². The monoisotopic (exact) mass is 250 g/mol. The van der Waals surface area contributed by atoms with Gasteiger partial charge in [0.25, 0.3) is 0 Å². The van der Waals surface area contributed by atoms with Gasteiger partial charge in [0.2, 0.25) is 0 Å². The van der Waals surface area contributed by atoms with Gasteiger partial charge in [-0.1, -0.05) is 43.3 Å². The molecule has 0 aliphatic rings. The molecule has 17 heavy (non-hydrogen) atoms. The van der Waals surface area contributed by atoms with Crippen LogP contribution in [0, 0.1) is 13.8 Å². The summed E-state index contributed by atoms with van der Waals surface area (Å²) in [5.41, 5.74) is 3.72. The van der Waals surface area contributed by atoms with Crippen molar-refractivity contribution in [2.24, 2.45) is 4.99 Å². The molecule has 0 saturated heterocycles. The van der Waals surface area contributed by atoms with Crippen LogP contribution in [0.4, 0.5) is 5.69 Å². The van der Waals surface area contributed by atoms with Gasteiger partial charge in [-0.05, 0) is 37.7 Å². The van der Waals surface area contributed by atoms with E-state index in [2.05, 4.69) is 55.5 Å². The highest BCUT2D eigenvalue weighted by molar-refractivity contribution is 8.13. The summed E-state index contributed by atoms with van der Waals surface area (Å²) in [6.07, 6.45) is 4.40. The molecule has 0 aliphatic heterocycles. The summed E-state index contributed by atoms with van der Waals surface area (Å²) in [6, 6.07) is 6.33. The van der Waals surface area contributed by atoms with Crippen LogP contribution in [0.1, 0.15) is 30.9 Å². The number of para-hydroxylation sites is 1. The molecule has 94 valence electrons. The Morgan fingerprint density at radius 2 is 1.94 bits per heavy atom. The van der Waals surface area contributed by atoms with Gasteiger partial charge in [-0.3, -0.25) is 4.99 Å². The number of unbranched alkanes of at least 4 members (excludes halogenated alkanes) is 1. The maximum absolute atomic E-state index is 4.58. The standard InChI is InChI=1S/C14H22N2S/c1-5-6-10-15-14(17-4)16-13-11(2)8-7-9-12(13)3/h7-9H,5-6,10H2,1-4H3,(H,15,16). The van der Waals surface area contributed by atoms with E-state index in [1.54, 1.807) is 11.8 Å². The Morgan fingerprint density at radius 3 is 2.47 bits per heavy atom. The van der Waals surface area contributed by atoms with E-state index in [-0.39, 0.29) is 0 Å². The predicted molar refractivity (Wildman–Crippen MR) is 80.3 cm³/mol. The van der Waals surface area contributed by atoms with Gasteiger partial charge < -0.3 is 5.32 Å². The van der Waals surface area contributed by atoms with Crippen LogP contribution < -0.4 is 5.32 Å². The van der Waals surface area contributed by atoms with Crippen molar-refractivity contribution < 1.29 is 0 Å². The van der Waals surface area contributed by atoms with E-state index in [9.17, 15) is 0 Å². The van der Waals surface area contributed by atoms with E-state index in [0.717, 1.165) is 18.1 Å². The van der Waals surface area contributed by atoms with E-state index in [1.165, 1.54) is 23.2 Å². The molecule has 3 heteroatoms. The lowest BCUT2D eigenvalue weighted by Crippen LogP contribution is -2.10. The number of hydrogen-bond acceptors (Lipinski definition) is 2. The van der Waals surface area contributed by atoms with E-state index in [0.29, 0.717) is 0 Å². The van der Waals surface area contributed by atoms with Gasteiger partial charge >= 0.3 is 0 Å². The van der Waals surface area contributed by atoms with Gasteiger partial charge in [-0.25, -0.2) is 0 Å². The summed E-state index contributed by atoms with van der Waals surface area (Å²) in [5.74, 6) is 0. The number of nitrogens with one attached hydrogen (secondary N) is 1. The second-order valence-corrected chi connectivity index (χ2v) is 4.93. The zero-order valence-corrected chi connectivity index (χ0v) is 12.0. The Balaban J connectivity index is 2.77. The second-order valence-electron chi connectivity index (χ2n) is 4.14. The van der Waals surface area contributed by atoms with Crippen LogP contribution in [-0.2, 0) is 0 Å². The van der Waals surface area contributed by atoms with Crippen molar-refractivity contribution in [3.63, 3.8) is 0 Å². The Bertz CT molecular complexity index is 366. The normalized spacial score (nSPS) is 11.6. The second kappa shape index (κ2) is 7.38. The molecule has 0 unspecified atom stereocenters. The first kappa shape index (κ1) is 14.1. The van der Waals surface area contributed by atoms with Crippen molar-refractivity contribution in [3.8, 4) is 0 Å². The number of aliphatic imine (C=N–C) groups is 1. The molecule has 0 fully saturated rings. The van der Waals surface area contributed by atoms with Gasteiger partial charge in [0.15, 0.2) is 5.17 Å². The molecule has 0 aliphatic carbocycles. The minimum absolute atomic E-state index is 0.907. The average Bonchev–Trinajstić information content (AvgIpc) is 2.32. The molecule has 0 heterocycles. The molecule has 1 aromatic rings. The zero-order valence-electron chi connectivity index (χ0n) is 11.2. The van der Waals surface area contributed by atoms with Gasteiger partial charge in [0.05, 0.1) is 0 Å². The average molecular weight is 250 g/mol. The predicted octanol–water partition coefficient (Wildman–Crippen LogP) is 4.23. The third kappa shape index (κ3) is 4.43. The lowest BCUT2D eigenvalue weighted by atomic mass is 10.1. The number of anilines is 1. The molecule has 0 bridgehead atoms. The number of hydrogen-bond donors (Lipinski definition) is 1. The lowest BCUT2D eigenvalue weighted by molar-refractivity contribution is 0.809. The third-order valence-electron chi connectivity index (χ3n) is 2.67. The highest BCUT2D eigenvalue weighted by Gasteiger charge is 2.04. The molecule has 0 radical (unpaired) electrons. The van der Waals surface area contributed by atoms with Crippen molar-refractivity contribution in [1.29, 1.82) is 0 Å². The van der Waals surface area contributed by atoms with Crippen molar-refractivity contribution in [3.05, 3.63) is 29.3 Å². The molecule has 1 aromatic carbocycles. The van der Waals surface area contributed by atoms with E-state index < -0.39 is 0 Å². The molecule has 1 N–H and O–H groups in total. The molecule has 1 rings (SSSR count). The van der Waals surface area contributed by atoms with Crippen LogP contribution >= 0.6 is 11.8 Å². The van der Waals surface area contributed by atoms with Crippen LogP contribution in [-0.4, -0.2) is 18.0 Å². The smallest absolute Gasteiger partial charge is 0.160 e. The molecular formula is C14H22N2S. The molecule has 2 nitrogen and oxygen atoms in total. The zero-order chi connectivity index (χ0) is 12.7. The molecular weight excluding hydrogens is 228 g/mol. The Morgan fingerprint density at radius 1 is 1.29 bits per heavy atom. The first-order valence-electron chi connectivity index (χ1n) is 6.10. The van der Waals surface area contributed by atoms with E-state index >= 15 is 0 Å². The fraction of sp³-hybridized carbons (Fsp3) is 0.500. The molecule has 0 amide bonds. The summed E-state index contributed by atoms with van der Waals surface area (Å²) in [7, 11) is 0. The molecule has 0 aromatic heterocycles. The van der Waals surface area contributed by atoms with Crippen LogP contribution in [0.3, 0.4) is 0 Å². The van der Waals surface area contributed by atoms with Crippen LogP contribution in [0.25, 0.3) is 0 Å². The molecule has 0 atom stereocenters. The van der Waals surface area contributed by atoms with Gasteiger partial charge in [-0.2, -0.15) is 0 Å². The number of thioether (sulfide) groups is 1. The topological polar surface area (TPSA) is 24.4 Å². The Hall–Kier alpha value is -0.960. The van der Waals surface area contributed by atoms with Crippen LogP contribution in [0.5, 0.6) is 0 Å². The number of amidine groups is 1. The molecule has 0 saturated carbocycles. The maximum Gasteiger partial charge on any atom is 0.160 e. The maximum atomic E-state index is 4.58. The van der Waals surface area contributed by atoms with Crippen molar-refractivity contribution in [2.75, 3.05) is 18.1 Å². The number of nitrogens with zero attached hydrogens (tertiary/aromatic N) is 1. The first-order valence-corrected chi connectivity index (χ1v) is 7.33. The fourth-order valence-electron chi connectivity index (χ4n) is 1.61.